The number of Topliss-reactive ketones (excluding diaryl/α,β-unsaturated/α-hetero) is 2. The van der Waals surface area contributed by atoms with E-state index in [0.717, 1.165) is 38.5 Å². The molecule has 34 heavy (non-hydrogen) atoms. The molecule has 4 heteroatoms. The number of hydrogen-bond acceptors (Lipinski definition) is 4. The highest BCUT2D eigenvalue weighted by Crippen LogP contribution is 2.74. The van der Waals surface area contributed by atoms with Crippen molar-refractivity contribution in [2.24, 2.45) is 45.3 Å². The number of aliphatic hydroxyl groups excluding tert-OH is 1. The van der Waals surface area contributed by atoms with Crippen LogP contribution in [0, 0.1) is 45.3 Å². The van der Waals surface area contributed by atoms with Crippen LogP contribution in [-0.4, -0.2) is 33.5 Å². The van der Waals surface area contributed by atoms with Crippen LogP contribution in [0.25, 0.3) is 0 Å². The van der Waals surface area contributed by atoms with Gasteiger partial charge in [0, 0.05) is 23.7 Å². The van der Waals surface area contributed by atoms with Crippen LogP contribution in [0.5, 0.6) is 0 Å². The molecule has 0 aliphatic heterocycles. The third-order valence-electron chi connectivity index (χ3n) is 11.9. The van der Waals surface area contributed by atoms with Gasteiger partial charge in [0.2, 0.25) is 0 Å². The highest BCUT2D eigenvalue weighted by Gasteiger charge is 2.70. The second kappa shape index (κ2) is 8.00. The van der Waals surface area contributed by atoms with Crippen LogP contribution in [0.4, 0.5) is 0 Å². The number of carbonyl (C=O) groups is 2. The molecular formula is C30H48O4. The molecular weight excluding hydrogens is 424 g/mol. The lowest BCUT2D eigenvalue weighted by atomic mass is 9.38. The summed E-state index contributed by atoms with van der Waals surface area (Å²) < 4.78 is 0. The molecule has 0 bridgehead atoms. The fraction of sp³-hybridized carbons (Fsp3) is 0.867. The summed E-state index contributed by atoms with van der Waals surface area (Å²) in [6.45, 7) is 16.8. The summed E-state index contributed by atoms with van der Waals surface area (Å²) in [5, 5.41) is 20.8. The highest BCUT2D eigenvalue weighted by atomic mass is 16.3. The Morgan fingerprint density at radius 1 is 1.12 bits per heavy atom. The molecule has 0 amide bonds. The molecule has 4 nitrogen and oxygen atoms in total. The van der Waals surface area contributed by atoms with Crippen molar-refractivity contribution < 1.29 is 19.8 Å². The first-order valence-corrected chi connectivity index (χ1v) is 13.7. The predicted octanol–water partition coefficient (Wildman–Crippen LogP) is 5.89. The average molecular weight is 473 g/mol. The monoisotopic (exact) mass is 472 g/mol. The maximum Gasteiger partial charge on any atom is 0.163 e. The lowest BCUT2D eigenvalue weighted by Gasteiger charge is -2.64. The summed E-state index contributed by atoms with van der Waals surface area (Å²) in [6, 6.07) is 0. The standard InChI is InChI=1S/C30H48O4/c1-18(9-13-24(32)27(4,5)34)19-15-16-28(6)22-12-10-20-21(11-14-23(31)26(20,2)3)30(22,8)25(33)17-29(19,28)7/h10,18-19,21-23,31,34H,9,11-17H2,1-8H3/t18-,19-,21-,22+,23+,28+,29-,30+/m1/s1. The van der Waals surface area contributed by atoms with Crippen molar-refractivity contribution in [3.05, 3.63) is 11.6 Å². The molecule has 0 unspecified atom stereocenters. The minimum absolute atomic E-state index is 0.0689. The van der Waals surface area contributed by atoms with Gasteiger partial charge in [-0.25, -0.2) is 0 Å². The number of fused-ring (bicyclic) bond motifs is 5. The van der Waals surface area contributed by atoms with Gasteiger partial charge in [-0.3, -0.25) is 9.59 Å². The van der Waals surface area contributed by atoms with Gasteiger partial charge in [-0.15, -0.1) is 0 Å². The molecule has 0 spiro atoms. The molecule has 0 aromatic rings. The molecule has 3 saturated carbocycles. The summed E-state index contributed by atoms with van der Waals surface area (Å²) in [7, 11) is 0. The largest absolute Gasteiger partial charge is 0.392 e. The van der Waals surface area contributed by atoms with Gasteiger partial charge in [0.15, 0.2) is 5.78 Å². The summed E-state index contributed by atoms with van der Waals surface area (Å²) >= 11 is 0. The van der Waals surface area contributed by atoms with Crippen LogP contribution in [0.15, 0.2) is 11.6 Å². The predicted molar refractivity (Wildman–Crippen MR) is 135 cm³/mol. The number of allylic oxidation sites excluding steroid dienone is 1. The molecule has 4 aliphatic rings. The van der Waals surface area contributed by atoms with E-state index >= 15 is 0 Å². The van der Waals surface area contributed by atoms with Crippen molar-refractivity contribution in [1.82, 2.24) is 0 Å². The van der Waals surface area contributed by atoms with Gasteiger partial charge >= 0.3 is 0 Å². The maximum atomic E-state index is 14.2. The summed E-state index contributed by atoms with van der Waals surface area (Å²) in [4.78, 5) is 26.5. The zero-order valence-electron chi connectivity index (χ0n) is 22.8. The number of ketones is 2. The minimum Gasteiger partial charge on any atom is -0.392 e. The minimum atomic E-state index is -1.27. The Morgan fingerprint density at radius 2 is 1.76 bits per heavy atom. The Kier molecular flexibility index (Phi) is 6.14. The Bertz CT molecular complexity index is 894. The third-order valence-corrected chi connectivity index (χ3v) is 11.9. The van der Waals surface area contributed by atoms with E-state index in [1.54, 1.807) is 13.8 Å². The topological polar surface area (TPSA) is 74.6 Å². The van der Waals surface area contributed by atoms with E-state index < -0.39 is 5.60 Å². The molecule has 0 aromatic heterocycles. The molecule has 2 N–H and O–H groups in total. The van der Waals surface area contributed by atoms with Crippen molar-refractivity contribution in [1.29, 1.82) is 0 Å². The lowest BCUT2D eigenvalue weighted by Crippen LogP contribution is -2.63. The van der Waals surface area contributed by atoms with E-state index in [9.17, 15) is 19.8 Å². The van der Waals surface area contributed by atoms with Crippen molar-refractivity contribution in [2.45, 2.75) is 118 Å². The summed E-state index contributed by atoms with van der Waals surface area (Å²) in [5.74, 6) is 1.64. The van der Waals surface area contributed by atoms with Crippen molar-refractivity contribution >= 4 is 11.6 Å². The quantitative estimate of drug-likeness (QED) is 0.489. The third kappa shape index (κ3) is 3.44. The SMILES string of the molecule is C[C@H](CCC(=O)C(C)(C)O)[C@H]1CC[C@@]2(C)[C@@H]3CC=C4[C@@H](CC[C@H](O)C4(C)C)[C@]3(C)C(=O)C[C@]12C. The number of carbonyl (C=O) groups excluding carboxylic acids is 2. The van der Waals surface area contributed by atoms with Gasteiger partial charge in [0.25, 0.3) is 0 Å². The van der Waals surface area contributed by atoms with Crippen molar-refractivity contribution in [3.63, 3.8) is 0 Å². The first kappa shape index (κ1) is 26.1. The van der Waals surface area contributed by atoms with Crippen LogP contribution in [0.1, 0.15) is 107 Å². The molecule has 0 saturated heterocycles. The second-order valence-electron chi connectivity index (χ2n) is 14.2. The van der Waals surface area contributed by atoms with Gasteiger partial charge in [0.1, 0.15) is 11.4 Å². The van der Waals surface area contributed by atoms with Crippen LogP contribution in [0.3, 0.4) is 0 Å². The highest BCUT2D eigenvalue weighted by molar-refractivity contribution is 5.88. The van der Waals surface area contributed by atoms with Gasteiger partial charge in [-0.1, -0.05) is 53.2 Å². The molecule has 4 rings (SSSR count). The Balaban J connectivity index is 1.64. The number of rotatable bonds is 5. The molecule has 8 atom stereocenters. The van der Waals surface area contributed by atoms with E-state index in [0.29, 0.717) is 36.4 Å². The van der Waals surface area contributed by atoms with E-state index in [2.05, 4.69) is 47.6 Å². The normalized spacial score (nSPS) is 44.5. The Hall–Kier alpha value is -1.00. The van der Waals surface area contributed by atoms with Crippen LogP contribution >= 0.6 is 0 Å². The van der Waals surface area contributed by atoms with Crippen LogP contribution in [0.2, 0.25) is 0 Å². The molecule has 3 fully saturated rings. The van der Waals surface area contributed by atoms with E-state index in [1.165, 1.54) is 5.57 Å². The van der Waals surface area contributed by atoms with E-state index in [-0.39, 0.29) is 39.5 Å². The van der Waals surface area contributed by atoms with Crippen molar-refractivity contribution in [3.8, 4) is 0 Å². The molecule has 0 radical (unpaired) electrons. The van der Waals surface area contributed by atoms with Gasteiger partial charge in [0.05, 0.1) is 6.10 Å². The zero-order chi connectivity index (χ0) is 25.5. The van der Waals surface area contributed by atoms with E-state index in [4.69, 9.17) is 0 Å². The molecule has 192 valence electrons. The lowest BCUT2D eigenvalue weighted by molar-refractivity contribution is -0.172. The first-order chi connectivity index (χ1) is 15.5. The van der Waals surface area contributed by atoms with Crippen molar-refractivity contribution in [2.75, 3.05) is 0 Å². The fourth-order valence-electron chi connectivity index (χ4n) is 9.24. The summed E-state index contributed by atoms with van der Waals surface area (Å²) in [5.41, 5.74) is -0.566. The van der Waals surface area contributed by atoms with Gasteiger partial charge < -0.3 is 10.2 Å². The molecule has 4 aliphatic carbocycles. The first-order valence-electron chi connectivity index (χ1n) is 13.7. The smallest absolute Gasteiger partial charge is 0.163 e. The number of hydrogen-bond donors (Lipinski definition) is 2. The maximum absolute atomic E-state index is 14.2. The molecule has 0 heterocycles. The van der Waals surface area contributed by atoms with E-state index in [1.807, 2.05) is 0 Å². The number of aliphatic hydroxyl groups is 2. The average Bonchev–Trinajstić information content (AvgIpc) is 2.99. The second-order valence-corrected chi connectivity index (χ2v) is 14.2. The van der Waals surface area contributed by atoms with Crippen LogP contribution < -0.4 is 0 Å². The molecule has 0 aromatic carbocycles. The summed E-state index contributed by atoms with van der Waals surface area (Å²) in [6.07, 6.45) is 8.70. The van der Waals surface area contributed by atoms with Gasteiger partial charge in [-0.05, 0) is 86.9 Å². The van der Waals surface area contributed by atoms with Crippen LogP contribution in [-0.2, 0) is 9.59 Å². The Labute approximate surface area is 207 Å². The van der Waals surface area contributed by atoms with Gasteiger partial charge in [-0.2, -0.15) is 0 Å². The Morgan fingerprint density at radius 3 is 2.38 bits per heavy atom. The fourth-order valence-corrected chi connectivity index (χ4v) is 9.24. The zero-order valence-corrected chi connectivity index (χ0v) is 22.8.